The Labute approximate surface area is 83.9 Å². The molecule has 0 aromatic carbocycles. The zero-order valence-corrected chi connectivity index (χ0v) is 8.69. The van der Waals surface area contributed by atoms with E-state index >= 15 is 0 Å². The Bertz CT molecular complexity index is 294. The third-order valence-electron chi connectivity index (χ3n) is 2.13. The van der Waals surface area contributed by atoms with E-state index in [1.165, 1.54) is 7.11 Å². The van der Waals surface area contributed by atoms with Crippen LogP contribution in [-0.4, -0.2) is 22.6 Å². The van der Waals surface area contributed by atoms with Crippen LogP contribution < -0.4 is 0 Å². The van der Waals surface area contributed by atoms with Crippen LogP contribution >= 0.6 is 0 Å². The normalized spacial score (nSPS) is 10.1. The second-order valence-corrected chi connectivity index (χ2v) is 3.07. The van der Waals surface area contributed by atoms with Crippen molar-refractivity contribution in [3.05, 3.63) is 18.2 Å². The molecule has 0 aliphatic heterocycles. The van der Waals surface area contributed by atoms with Crippen molar-refractivity contribution in [2.45, 2.75) is 32.7 Å². The Hall–Kier alpha value is -1.32. The molecule has 0 radical (unpaired) electrons. The number of methoxy groups -OCH3 is 1. The van der Waals surface area contributed by atoms with Crippen LogP contribution in [0.15, 0.2) is 12.4 Å². The smallest absolute Gasteiger partial charge is 0.305 e. The fourth-order valence-electron chi connectivity index (χ4n) is 1.35. The summed E-state index contributed by atoms with van der Waals surface area (Å²) < 4.78 is 6.63. The molecule has 0 N–H and O–H groups in total. The van der Waals surface area contributed by atoms with Gasteiger partial charge in [0.15, 0.2) is 0 Å². The second-order valence-electron chi connectivity index (χ2n) is 3.07. The molecule has 0 saturated carbocycles. The zero-order valence-electron chi connectivity index (χ0n) is 8.69. The number of nitrogens with zero attached hydrogens (tertiary/aromatic N) is 2. The molecule has 1 heterocycles. The SMILES string of the molecule is CCc1nccn1CCCC(=O)OC. The summed E-state index contributed by atoms with van der Waals surface area (Å²) >= 11 is 0. The molecule has 78 valence electrons. The lowest BCUT2D eigenvalue weighted by Crippen LogP contribution is -2.06. The fourth-order valence-corrected chi connectivity index (χ4v) is 1.35. The van der Waals surface area contributed by atoms with Gasteiger partial charge in [0.25, 0.3) is 0 Å². The van der Waals surface area contributed by atoms with Gasteiger partial charge in [-0.3, -0.25) is 4.79 Å². The first-order valence-corrected chi connectivity index (χ1v) is 4.84. The van der Waals surface area contributed by atoms with E-state index in [2.05, 4.69) is 21.2 Å². The van der Waals surface area contributed by atoms with Gasteiger partial charge in [-0.25, -0.2) is 4.98 Å². The lowest BCUT2D eigenvalue weighted by Gasteiger charge is -2.05. The van der Waals surface area contributed by atoms with Gasteiger partial charge >= 0.3 is 5.97 Å². The summed E-state index contributed by atoms with van der Waals surface area (Å²) in [5, 5.41) is 0. The molecule has 0 spiro atoms. The topological polar surface area (TPSA) is 44.1 Å². The lowest BCUT2D eigenvalue weighted by molar-refractivity contribution is -0.140. The average molecular weight is 196 g/mol. The van der Waals surface area contributed by atoms with Crippen LogP contribution in [0.3, 0.4) is 0 Å². The number of ether oxygens (including phenoxy) is 1. The van der Waals surface area contributed by atoms with Crippen molar-refractivity contribution in [2.75, 3.05) is 7.11 Å². The quantitative estimate of drug-likeness (QED) is 0.668. The molecule has 0 saturated heterocycles. The number of imidazole rings is 1. The lowest BCUT2D eigenvalue weighted by atomic mass is 10.3. The summed E-state index contributed by atoms with van der Waals surface area (Å²) in [5.74, 6) is 0.915. The number of carbonyl (C=O) groups excluding carboxylic acids is 1. The Kier molecular flexibility index (Phi) is 4.16. The van der Waals surface area contributed by atoms with E-state index in [1.54, 1.807) is 6.20 Å². The molecule has 14 heavy (non-hydrogen) atoms. The minimum absolute atomic E-state index is 0.150. The molecule has 0 bridgehead atoms. The molecule has 1 aromatic heterocycles. The molecule has 0 unspecified atom stereocenters. The molecule has 0 amide bonds. The van der Waals surface area contributed by atoms with Crippen molar-refractivity contribution < 1.29 is 9.53 Å². The van der Waals surface area contributed by atoms with E-state index in [9.17, 15) is 4.79 Å². The van der Waals surface area contributed by atoms with Crippen molar-refractivity contribution in [3.8, 4) is 0 Å². The average Bonchev–Trinajstić information content (AvgIpc) is 2.65. The standard InChI is InChI=1S/C10H16N2O2/c1-3-9-11-6-8-12(9)7-4-5-10(13)14-2/h6,8H,3-5,7H2,1-2H3. The van der Waals surface area contributed by atoms with E-state index in [4.69, 9.17) is 0 Å². The van der Waals surface area contributed by atoms with Crippen LogP contribution in [0.4, 0.5) is 0 Å². The van der Waals surface area contributed by atoms with Gasteiger partial charge in [-0.2, -0.15) is 0 Å². The summed E-state index contributed by atoms with van der Waals surface area (Å²) in [5.41, 5.74) is 0. The van der Waals surface area contributed by atoms with Crippen molar-refractivity contribution in [2.24, 2.45) is 0 Å². The van der Waals surface area contributed by atoms with Crippen molar-refractivity contribution in [3.63, 3.8) is 0 Å². The summed E-state index contributed by atoms with van der Waals surface area (Å²) in [6.07, 6.45) is 5.92. The maximum atomic E-state index is 10.8. The number of aryl methyl sites for hydroxylation is 2. The van der Waals surface area contributed by atoms with Crippen molar-refractivity contribution >= 4 is 5.97 Å². The highest BCUT2D eigenvalue weighted by Gasteiger charge is 2.02. The molecular weight excluding hydrogens is 180 g/mol. The molecule has 0 atom stereocenters. The van der Waals surface area contributed by atoms with E-state index in [-0.39, 0.29) is 5.97 Å². The first-order valence-electron chi connectivity index (χ1n) is 4.84. The Morgan fingerprint density at radius 2 is 2.43 bits per heavy atom. The predicted octanol–water partition coefficient (Wildman–Crippen LogP) is 1.40. The molecule has 1 rings (SSSR count). The third-order valence-corrected chi connectivity index (χ3v) is 2.13. The van der Waals surface area contributed by atoms with Gasteiger partial charge < -0.3 is 9.30 Å². The van der Waals surface area contributed by atoms with Gasteiger partial charge in [-0.05, 0) is 6.42 Å². The highest BCUT2D eigenvalue weighted by atomic mass is 16.5. The van der Waals surface area contributed by atoms with Crippen molar-refractivity contribution in [1.82, 2.24) is 9.55 Å². The van der Waals surface area contributed by atoms with Gasteiger partial charge in [0.2, 0.25) is 0 Å². The van der Waals surface area contributed by atoms with Crippen LogP contribution in [-0.2, 0) is 22.5 Å². The first kappa shape index (κ1) is 10.8. The zero-order chi connectivity index (χ0) is 10.4. The molecule has 0 aliphatic carbocycles. The van der Waals surface area contributed by atoms with E-state index in [1.807, 2.05) is 6.20 Å². The van der Waals surface area contributed by atoms with Gasteiger partial charge in [-0.15, -0.1) is 0 Å². The molecule has 4 nitrogen and oxygen atoms in total. The summed E-state index contributed by atoms with van der Waals surface area (Å²) in [7, 11) is 1.41. The maximum absolute atomic E-state index is 10.8. The summed E-state index contributed by atoms with van der Waals surface area (Å²) in [6, 6.07) is 0. The van der Waals surface area contributed by atoms with Crippen LogP contribution in [0, 0.1) is 0 Å². The van der Waals surface area contributed by atoms with Crippen LogP contribution in [0.1, 0.15) is 25.6 Å². The first-order chi connectivity index (χ1) is 6.77. The minimum atomic E-state index is -0.150. The van der Waals surface area contributed by atoms with Gasteiger partial charge in [-0.1, -0.05) is 6.92 Å². The molecular formula is C10H16N2O2. The number of rotatable bonds is 5. The van der Waals surface area contributed by atoms with E-state index < -0.39 is 0 Å². The summed E-state index contributed by atoms with van der Waals surface area (Å²) in [4.78, 5) is 15.0. The van der Waals surface area contributed by atoms with Crippen LogP contribution in [0.2, 0.25) is 0 Å². The second kappa shape index (κ2) is 5.42. The molecule has 0 aliphatic rings. The number of hydrogen-bond acceptors (Lipinski definition) is 3. The van der Waals surface area contributed by atoms with Gasteiger partial charge in [0.05, 0.1) is 7.11 Å². The Morgan fingerprint density at radius 1 is 1.64 bits per heavy atom. The Morgan fingerprint density at radius 3 is 3.07 bits per heavy atom. The third kappa shape index (κ3) is 2.87. The van der Waals surface area contributed by atoms with E-state index in [0.717, 1.165) is 25.2 Å². The van der Waals surface area contributed by atoms with Gasteiger partial charge in [0.1, 0.15) is 5.82 Å². The number of carbonyl (C=O) groups is 1. The number of hydrogen-bond donors (Lipinski definition) is 0. The molecule has 0 fully saturated rings. The monoisotopic (exact) mass is 196 g/mol. The van der Waals surface area contributed by atoms with Crippen LogP contribution in [0.25, 0.3) is 0 Å². The summed E-state index contributed by atoms with van der Waals surface area (Å²) in [6.45, 7) is 2.90. The fraction of sp³-hybridized carbons (Fsp3) is 0.600. The number of aromatic nitrogens is 2. The van der Waals surface area contributed by atoms with Gasteiger partial charge in [0, 0.05) is 31.8 Å². The van der Waals surface area contributed by atoms with Crippen LogP contribution in [0.5, 0.6) is 0 Å². The number of esters is 1. The molecule has 4 heteroatoms. The van der Waals surface area contributed by atoms with Crippen molar-refractivity contribution in [1.29, 1.82) is 0 Å². The van der Waals surface area contributed by atoms with E-state index in [0.29, 0.717) is 6.42 Å². The highest BCUT2D eigenvalue weighted by molar-refractivity contribution is 5.68. The highest BCUT2D eigenvalue weighted by Crippen LogP contribution is 2.02. The maximum Gasteiger partial charge on any atom is 0.305 e. The largest absolute Gasteiger partial charge is 0.469 e. The Balaban J connectivity index is 2.34. The molecule has 1 aromatic rings. The minimum Gasteiger partial charge on any atom is -0.469 e. The predicted molar refractivity (Wildman–Crippen MR) is 52.9 cm³/mol.